The van der Waals surface area contributed by atoms with E-state index in [0.29, 0.717) is 17.8 Å². The number of carbonyl (C=O) groups excluding carboxylic acids is 1. The first-order chi connectivity index (χ1) is 10.7. The first-order valence-electron chi connectivity index (χ1n) is 7.33. The zero-order chi connectivity index (χ0) is 15.5. The van der Waals surface area contributed by atoms with Crippen molar-refractivity contribution in [3.05, 3.63) is 77.6 Å². The van der Waals surface area contributed by atoms with E-state index in [1.165, 1.54) is 0 Å². The number of aromatic nitrogens is 1. The minimum absolute atomic E-state index is 0.132. The minimum Gasteiger partial charge on any atom is -0.382 e. The Labute approximate surface area is 129 Å². The lowest BCUT2D eigenvalue weighted by atomic mass is 10.0. The second-order valence-corrected chi connectivity index (χ2v) is 5.14. The van der Waals surface area contributed by atoms with Crippen molar-refractivity contribution in [1.29, 1.82) is 0 Å². The fourth-order valence-corrected chi connectivity index (χ4v) is 2.59. The molecule has 0 fully saturated rings. The van der Waals surface area contributed by atoms with E-state index in [9.17, 15) is 9.90 Å². The van der Waals surface area contributed by atoms with Crippen LogP contribution in [0.25, 0.3) is 5.52 Å². The summed E-state index contributed by atoms with van der Waals surface area (Å²) in [5.41, 5.74) is 2.91. The van der Waals surface area contributed by atoms with Crippen LogP contribution in [0.1, 0.15) is 34.6 Å². The smallest absolute Gasteiger partial charge is 0.251 e. The Balaban J connectivity index is 2.11. The molecular weight excluding hydrogens is 276 g/mol. The molecule has 3 aromatic rings. The molecule has 0 radical (unpaired) electrons. The molecule has 2 N–H and O–H groups in total. The van der Waals surface area contributed by atoms with Crippen molar-refractivity contribution in [3.8, 4) is 0 Å². The van der Waals surface area contributed by atoms with E-state index in [4.69, 9.17) is 0 Å². The number of rotatable bonds is 4. The van der Waals surface area contributed by atoms with Crippen LogP contribution in [0.15, 0.2) is 60.8 Å². The number of benzene rings is 1. The number of carbonyl (C=O) groups is 1. The maximum atomic E-state index is 12.1. The summed E-state index contributed by atoms with van der Waals surface area (Å²) in [5.74, 6) is -0.132. The predicted octanol–water partition coefficient (Wildman–Crippen LogP) is 2.77. The molecule has 1 amide bonds. The van der Waals surface area contributed by atoms with Gasteiger partial charge in [-0.1, -0.05) is 30.3 Å². The van der Waals surface area contributed by atoms with Gasteiger partial charge in [-0.25, -0.2) is 0 Å². The van der Waals surface area contributed by atoms with Crippen LogP contribution in [0.2, 0.25) is 0 Å². The number of nitrogens with one attached hydrogen (secondary N) is 1. The average Bonchev–Trinajstić information content (AvgIpc) is 3.02. The summed E-state index contributed by atoms with van der Waals surface area (Å²) in [5, 5.41) is 13.5. The molecule has 0 saturated carbocycles. The standard InChI is InChI=1S/C18H18N2O2/c1-2-19-18(22)14-11-15-9-6-10-20(15)16(12-14)17(21)13-7-4-3-5-8-13/h3-12,17,21H,2H2,1H3,(H,19,22). The van der Waals surface area contributed by atoms with Gasteiger partial charge in [-0.3, -0.25) is 4.79 Å². The van der Waals surface area contributed by atoms with E-state index in [1.54, 1.807) is 6.07 Å². The van der Waals surface area contributed by atoms with Gasteiger partial charge in [0.25, 0.3) is 5.91 Å². The van der Waals surface area contributed by atoms with Gasteiger partial charge in [0.15, 0.2) is 0 Å². The van der Waals surface area contributed by atoms with Crippen molar-refractivity contribution < 1.29 is 9.90 Å². The molecule has 1 aromatic carbocycles. The molecule has 22 heavy (non-hydrogen) atoms. The number of fused-ring (bicyclic) bond motifs is 1. The van der Waals surface area contributed by atoms with Crippen molar-refractivity contribution >= 4 is 11.4 Å². The van der Waals surface area contributed by atoms with Crippen LogP contribution in [0.3, 0.4) is 0 Å². The third-order valence-corrected chi connectivity index (χ3v) is 3.66. The maximum absolute atomic E-state index is 12.1. The highest BCUT2D eigenvalue weighted by molar-refractivity contribution is 5.95. The number of aliphatic hydroxyl groups excluding tert-OH is 1. The van der Waals surface area contributed by atoms with Gasteiger partial charge in [0.05, 0.1) is 5.69 Å². The highest BCUT2D eigenvalue weighted by Crippen LogP contribution is 2.24. The van der Waals surface area contributed by atoms with Gasteiger partial charge in [-0.05, 0) is 36.8 Å². The fourth-order valence-electron chi connectivity index (χ4n) is 2.59. The molecule has 2 aromatic heterocycles. The van der Waals surface area contributed by atoms with Crippen LogP contribution >= 0.6 is 0 Å². The number of pyridine rings is 1. The van der Waals surface area contributed by atoms with Crippen LogP contribution in [0, 0.1) is 0 Å². The lowest BCUT2D eigenvalue weighted by Crippen LogP contribution is -2.23. The highest BCUT2D eigenvalue weighted by atomic mass is 16.3. The molecule has 0 aliphatic heterocycles. The van der Waals surface area contributed by atoms with Crippen molar-refractivity contribution in [2.24, 2.45) is 0 Å². The third-order valence-electron chi connectivity index (χ3n) is 3.66. The summed E-state index contributed by atoms with van der Waals surface area (Å²) in [6.45, 7) is 2.45. The summed E-state index contributed by atoms with van der Waals surface area (Å²) in [7, 11) is 0. The molecule has 112 valence electrons. The monoisotopic (exact) mass is 294 g/mol. The lowest BCUT2D eigenvalue weighted by Gasteiger charge is -2.16. The Morgan fingerprint density at radius 3 is 2.68 bits per heavy atom. The Kier molecular flexibility index (Phi) is 3.94. The van der Waals surface area contributed by atoms with E-state index >= 15 is 0 Å². The third kappa shape index (κ3) is 2.61. The Morgan fingerprint density at radius 1 is 1.18 bits per heavy atom. The summed E-state index contributed by atoms with van der Waals surface area (Å²) < 4.78 is 1.90. The Hall–Kier alpha value is -2.59. The van der Waals surface area contributed by atoms with Crippen molar-refractivity contribution in [3.63, 3.8) is 0 Å². The molecule has 4 nitrogen and oxygen atoms in total. The van der Waals surface area contributed by atoms with E-state index in [-0.39, 0.29) is 5.91 Å². The minimum atomic E-state index is -0.787. The van der Waals surface area contributed by atoms with Crippen LogP contribution in [0.5, 0.6) is 0 Å². The average molecular weight is 294 g/mol. The van der Waals surface area contributed by atoms with Gasteiger partial charge in [-0.2, -0.15) is 0 Å². The van der Waals surface area contributed by atoms with E-state index in [1.807, 2.05) is 66.1 Å². The summed E-state index contributed by atoms with van der Waals surface area (Å²) in [6, 6.07) is 16.8. The summed E-state index contributed by atoms with van der Waals surface area (Å²) in [4.78, 5) is 12.1. The normalized spacial score (nSPS) is 12.3. The maximum Gasteiger partial charge on any atom is 0.251 e. The second kappa shape index (κ2) is 6.03. The van der Waals surface area contributed by atoms with E-state index in [2.05, 4.69) is 5.32 Å². The van der Waals surface area contributed by atoms with E-state index in [0.717, 1.165) is 11.1 Å². The van der Waals surface area contributed by atoms with Crippen molar-refractivity contribution in [1.82, 2.24) is 9.72 Å². The molecule has 0 bridgehead atoms. The molecule has 0 aliphatic rings. The summed E-state index contributed by atoms with van der Waals surface area (Å²) in [6.07, 6.45) is 1.10. The highest BCUT2D eigenvalue weighted by Gasteiger charge is 2.16. The molecule has 1 unspecified atom stereocenters. The van der Waals surface area contributed by atoms with Gasteiger partial charge < -0.3 is 14.8 Å². The fraction of sp³-hybridized carbons (Fsp3) is 0.167. The largest absolute Gasteiger partial charge is 0.382 e. The second-order valence-electron chi connectivity index (χ2n) is 5.14. The zero-order valence-electron chi connectivity index (χ0n) is 12.4. The number of amides is 1. The number of hydrogen-bond acceptors (Lipinski definition) is 2. The molecule has 1 atom stereocenters. The number of aliphatic hydroxyl groups is 1. The Morgan fingerprint density at radius 2 is 1.95 bits per heavy atom. The first kappa shape index (κ1) is 14.4. The van der Waals surface area contributed by atoms with Crippen LogP contribution < -0.4 is 5.32 Å². The molecule has 2 heterocycles. The van der Waals surface area contributed by atoms with Gasteiger partial charge >= 0.3 is 0 Å². The SMILES string of the molecule is CCNC(=O)c1cc(C(O)c2ccccc2)n2cccc2c1. The van der Waals surface area contributed by atoms with Gasteiger partial charge in [0.2, 0.25) is 0 Å². The van der Waals surface area contributed by atoms with Crippen LogP contribution in [-0.4, -0.2) is 22.0 Å². The predicted molar refractivity (Wildman–Crippen MR) is 85.9 cm³/mol. The lowest BCUT2D eigenvalue weighted by molar-refractivity contribution is 0.0955. The van der Waals surface area contributed by atoms with Gasteiger partial charge in [0, 0.05) is 23.8 Å². The zero-order valence-corrected chi connectivity index (χ0v) is 12.4. The van der Waals surface area contributed by atoms with Gasteiger partial charge in [-0.15, -0.1) is 0 Å². The number of hydrogen-bond donors (Lipinski definition) is 2. The summed E-state index contributed by atoms with van der Waals surface area (Å²) >= 11 is 0. The topological polar surface area (TPSA) is 53.7 Å². The van der Waals surface area contributed by atoms with Crippen molar-refractivity contribution in [2.75, 3.05) is 6.54 Å². The van der Waals surface area contributed by atoms with Crippen molar-refractivity contribution in [2.45, 2.75) is 13.0 Å². The molecule has 0 spiro atoms. The van der Waals surface area contributed by atoms with Crippen LogP contribution in [0.4, 0.5) is 0 Å². The number of nitrogens with zero attached hydrogens (tertiary/aromatic N) is 1. The van der Waals surface area contributed by atoms with Crippen LogP contribution in [-0.2, 0) is 0 Å². The molecule has 3 rings (SSSR count). The first-order valence-corrected chi connectivity index (χ1v) is 7.33. The van der Waals surface area contributed by atoms with Gasteiger partial charge in [0.1, 0.15) is 6.10 Å². The molecule has 0 aliphatic carbocycles. The molecule has 0 saturated heterocycles. The molecule has 4 heteroatoms. The molecular formula is C18H18N2O2. The quantitative estimate of drug-likeness (QED) is 0.777. The van der Waals surface area contributed by atoms with E-state index < -0.39 is 6.10 Å². The Bertz CT molecular complexity index is 793.